The Morgan fingerprint density at radius 1 is 1.10 bits per heavy atom. The number of aromatic nitrogens is 2. The first kappa shape index (κ1) is 18.7. The Balaban J connectivity index is 1.50. The van der Waals surface area contributed by atoms with E-state index in [1.165, 1.54) is 6.92 Å². The van der Waals surface area contributed by atoms with Crippen LogP contribution in [0.25, 0.3) is 11.3 Å². The van der Waals surface area contributed by atoms with Crippen LogP contribution in [0.3, 0.4) is 0 Å². The second kappa shape index (κ2) is 7.79. The van der Waals surface area contributed by atoms with Crippen LogP contribution in [0, 0.1) is 6.92 Å². The number of H-pyrrole nitrogens is 1. The van der Waals surface area contributed by atoms with Crippen LogP contribution in [-0.2, 0) is 24.4 Å². The van der Waals surface area contributed by atoms with Gasteiger partial charge >= 0.3 is 6.03 Å². The zero-order chi connectivity index (χ0) is 20.4. The number of anilines is 1. The molecule has 0 fully saturated rings. The molecule has 4 rings (SSSR count). The lowest BCUT2D eigenvalue weighted by molar-refractivity contribution is -0.114. The molecule has 2 aromatic carbocycles. The van der Waals surface area contributed by atoms with E-state index in [2.05, 4.69) is 20.8 Å². The van der Waals surface area contributed by atoms with Crippen LogP contribution >= 0.6 is 0 Å². The van der Waals surface area contributed by atoms with E-state index in [0.717, 1.165) is 39.3 Å². The summed E-state index contributed by atoms with van der Waals surface area (Å²) < 4.78 is 0. The Hall–Kier alpha value is -3.61. The van der Waals surface area contributed by atoms with Crippen molar-refractivity contribution in [3.05, 3.63) is 70.9 Å². The summed E-state index contributed by atoms with van der Waals surface area (Å²) >= 11 is 0. The third-order valence-electron chi connectivity index (χ3n) is 5.13. The second-order valence-electron chi connectivity index (χ2n) is 7.18. The lowest BCUT2D eigenvalue weighted by atomic mass is 10.0. The lowest BCUT2D eigenvalue weighted by Gasteiger charge is -2.17. The van der Waals surface area contributed by atoms with Crippen molar-refractivity contribution in [1.82, 2.24) is 20.4 Å². The average molecular weight is 389 g/mol. The number of carbonyl (C=O) groups excluding carboxylic acids is 2. The molecule has 0 spiro atoms. The molecule has 7 nitrogen and oxygen atoms in total. The Kier molecular flexibility index (Phi) is 5.03. The van der Waals surface area contributed by atoms with Crippen LogP contribution in [0.1, 0.15) is 29.3 Å². The number of aromatic amines is 1. The number of fused-ring (bicyclic) bond motifs is 1. The van der Waals surface area contributed by atoms with Gasteiger partial charge in [0, 0.05) is 30.3 Å². The van der Waals surface area contributed by atoms with E-state index in [1.807, 2.05) is 55.5 Å². The van der Waals surface area contributed by atoms with E-state index in [4.69, 9.17) is 0 Å². The summed E-state index contributed by atoms with van der Waals surface area (Å²) in [5, 5.41) is 13.4. The number of hydrogen-bond acceptors (Lipinski definition) is 3. The number of nitrogens with one attached hydrogen (secondary N) is 3. The fourth-order valence-corrected chi connectivity index (χ4v) is 3.61. The van der Waals surface area contributed by atoms with Crippen molar-refractivity contribution < 1.29 is 9.59 Å². The molecule has 0 unspecified atom stereocenters. The van der Waals surface area contributed by atoms with Crippen LogP contribution in [0.4, 0.5) is 10.5 Å². The highest BCUT2D eigenvalue weighted by molar-refractivity contribution is 5.91. The van der Waals surface area contributed by atoms with Gasteiger partial charge in [-0.1, -0.05) is 42.5 Å². The molecule has 3 aromatic rings. The molecule has 0 saturated carbocycles. The summed E-state index contributed by atoms with van der Waals surface area (Å²) in [5.41, 5.74) is 6.54. The third kappa shape index (κ3) is 3.85. The molecule has 3 N–H and O–H groups in total. The normalized spacial score (nSPS) is 12.6. The maximum atomic E-state index is 12.6. The maximum absolute atomic E-state index is 12.6. The Morgan fingerprint density at radius 3 is 2.66 bits per heavy atom. The molecule has 0 saturated heterocycles. The number of hydrogen-bond donors (Lipinski definition) is 3. The number of amides is 3. The quantitative estimate of drug-likeness (QED) is 0.637. The van der Waals surface area contributed by atoms with Crippen molar-refractivity contribution in [2.24, 2.45) is 0 Å². The maximum Gasteiger partial charge on any atom is 0.318 e. The van der Waals surface area contributed by atoms with Crippen LogP contribution in [0.5, 0.6) is 0 Å². The molecule has 1 aliphatic heterocycles. The van der Waals surface area contributed by atoms with Crippen molar-refractivity contribution in [2.75, 3.05) is 5.32 Å². The smallest absolute Gasteiger partial charge is 0.318 e. The van der Waals surface area contributed by atoms with Gasteiger partial charge in [0.2, 0.25) is 5.91 Å². The molecule has 0 bridgehead atoms. The molecule has 2 heterocycles. The van der Waals surface area contributed by atoms with Gasteiger partial charge in [0.1, 0.15) is 0 Å². The molecular formula is C22H23N5O2. The van der Waals surface area contributed by atoms with Gasteiger partial charge < -0.3 is 15.5 Å². The van der Waals surface area contributed by atoms with E-state index in [1.54, 1.807) is 4.90 Å². The number of nitrogens with zero attached hydrogens (tertiary/aromatic N) is 2. The predicted octanol–water partition coefficient (Wildman–Crippen LogP) is 3.57. The van der Waals surface area contributed by atoms with Gasteiger partial charge in [0.05, 0.1) is 24.5 Å². The summed E-state index contributed by atoms with van der Waals surface area (Å²) in [6.07, 6.45) is 0. The summed E-state index contributed by atoms with van der Waals surface area (Å²) in [6.45, 7) is 4.91. The molecule has 0 atom stereocenters. The van der Waals surface area contributed by atoms with Gasteiger partial charge in [-0.15, -0.1) is 0 Å². The zero-order valence-corrected chi connectivity index (χ0v) is 16.5. The molecule has 7 heteroatoms. The minimum atomic E-state index is -0.110. The number of carbonyl (C=O) groups is 2. The number of rotatable bonds is 4. The molecule has 0 aliphatic carbocycles. The summed E-state index contributed by atoms with van der Waals surface area (Å²) in [6, 6.07) is 15.5. The second-order valence-corrected chi connectivity index (χ2v) is 7.18. The Labute approximate surface area is 169 Å². The van der Waals surface area contributed by atoms with Gasteiger partial charge in [-0.3, -0.25) is 9.89 Å². The molecule has 1 aromatic heterocycles. The van der Waals surface area contributed by atoms with Crippen LogP contribution in [0.2, 0.25) is 0 Å². The van der Waals surface area contributed by atoms with Gasteiger partial charge in [0.25, 0.3) is 0 Å². The largest absolute Gasteiger partial charge is 0.334 e. The van der Waals surface area contributed by atoms with Gasteiger partial charge in [-0.05, 0) is 24.1 Å². The molecule has 0 radical (unpaired) electrons. The van der Waals surface area contributed by atoms with E-state index in [0.29, 0.717) is 19.6 Å². The van der Waals surface area contributed by atoms with Crippen molar-refractivity contribution in [3.8, 4) is 11.3 Å². The van der Waals surface area contributed by atoms with E-state index < -0.39 is 0 Å². The number of benzene rings is 2. The SMILES string of the molecule is CC(=O)Nc1cccc(-c2[nH]nc3c2CN(C(=O)NCc2ccccc2)C3)c1C. The van der Waals surface area contributed by atoms with Crippen molar-refractivity contribution >= 4 is 17.6 Å². The van der Waals surface area contributed by atoms with Crippen molar-refractivity contribution in [1.29, 1.82) is 0 Å². The molecule has 1 aliphatic rings. The van der Waals surface area contributed by atoms with Gasteiger partial charge in [-0.2, -0.15) is 5.10 Å². The van der Waals surface area contributed by atoms with Crippen molar-refractivity contribution in [2.45, 2.75) is 33.5 Å². The summed E-state index contributed by atoms with van der Waals surface area (Å²) in [5.74, 6) is -0.110. The summed E-state index contributed by atoms with van der Waals surface area (Å²) in [4.78, 5) is 25.8. The van der Waals surface area contributed by atoms with Gasteiger partial charge in [0.15, 0.2) is 0 Å². The fourth-order valence-electron chi connectivity index (χ4n) is 3.61. The molecule has 3 amide bonds. The zero-order valence-electron chi connectivity index (χ0n) is 16.5. The first-order valence-electron chi connectivity index (χ1n) is 9.53. The van der Waals surface area contributed by atoms with E-state index >= 15 is 0 Å². The van der Waals surface area contributed by atoms with Crippen LogP contribution < -0.4 is 10.6 Å². The van der Waals surface area contributed by atoms with Crippen molar-refractivity contribution in [3.63, 3.8) is 0 Å². The fraction of sp³-hybridized carbons (Fsp3) is 0.227. The molecule has 29 heavy (non-hydrogen) atoms. The number of urea groups is 1. The standard InChI is InChI=1S/C22H23N5O2/c1-14-17(9-6-10-19(14)24-15(2)28)21-18-12-27(13-20(18)25-26-21)22(29)23-11-16-7-4-3-5-8-16/h3-10H,11-13H2,1-2H3,(H,23,29)(H,24,28)(H,25,26). The molecular weight excluding hydrogens is 366 g/mol. The van der Waals surface area contributed by atoms with E-state index in [-0.39, 0.29) is 11.9 Å². The van der Waals surface area contributed by atoms with Crippen LogP contribution in [0.15, 0.2) is 48.5 Å². The first-order chi connectivity index (χ1) is 14.0. The third-order valence-corrected chi connectivity index (χ3v) is 5.13. The van der Waals surface area contributed by atoms with E-state index in [9.17, 15) is 9.59 Å². The van der Waals surface area contributed by atoms with Crippen LogP contribution in [-0.4, -0.2) is 27.0 Å². The first-order valence-corrected chi connectivity index (χ1v) is 9.53. The molecule has 148 valence electrons. The highest BCUT2D eigenvalue weighted by Crippen LogP contribution is 2.34. The lowest BCUT2D eigenvalue weighted by Crippen LogP contribution is -2.36. The minimum absolute atomic E-state index is 0.110. The Morgan fingerprint density at radius 2 is 1.90 bits per heavy atom. The minimum Gasteiger partial charge on any atom is -0.334 e. The monoisotopic (exact) mass is 389 g/mol. The highest BCUT2D eigenvalue weighted by Gasteiger charge is 2.29. The van der Waals surface area contributed by atoms with Gasteiger partial charge in [-0.25, -0.2) is 4.79 Å². The Bertz CT molecular complexity index is 1060. The predicted molar refractivity (Wildman–Crippen MR) is 111 cm³/mol. The average Bonchev–Trinajstić information content (AvgIpc) is 3.29. The topological polar surface area (TPSA) is 90.1 Å². The summed E-state index contributed by atoms with van der Waals surface area (Å²) in [7, 11) is 0. The highest BCUT2D eigenvalue weighted by atomic mass is 16.2.